The minimum absolute atomic E-state index is 0.334. The zero-order valence-corrected chi connectivity index (χ0v) is 14.9. The number of hydrogen-bond acceptors (Lipinski definition) is 6. The zero-order valence-electron chi connectivity index (χ0n) is 14.1. The van der Waals surface area contributed by atoms with E-state index in [0.717, 1.165) is 11.1 Å². The fourth-order valence-electron chi connectivity index (χ4n) is 3.03. The van der Waals surface area contributed by atoms with Crippen LogP contribution in [0.15, 0.2) is 60.7 Å². The van der Waals surface area contributed by atoms with Gasteiger partial charge in [0, 0.05) is 0 Å². The smallest absolute Gasteiger partial charge is 0.307 e. The minimum Gasteiger partial charge on any atom is -0.374 e. The van der Waals surface area contributed by atoms with Gasteiger partial charge in [0.15, 0.2) is 6.10 Å². The quantitative estimate of drug-likeness (QED) is 0.740. The lowest BCUT2D eigenvalue weighted by Crippen LogP contribution is -2.37. The van der Waals surface area contributed by atoms with Crippen LogP contribution in [0.3, 0.4) is 0 Å². The van der Waals surface area contributed by atoms with E-state index < -0.39 is 29.9 Å². The monoisotopic (exact) mass is 376 g/mol. The first-order chi connectivity index (χ1) is 12.8. The van der Waals surface area contributed by atoms with Crippen molar-refractivity contribution in [2.45, 2.75) is 37.8 Å². The molecule has 0 aliphatic carbocycles. The molecule has 2 saturated heterocycles. The van der Waals surface area contributed by atoms with E-state index in [-0.39, 0.29) is 6.10 Å². The molecule has 0 radical (unpaired) electrons. The van der Waals surface area contributed by atoms with E-state index in [1.165, 1.54) is 0 Å². The molecule has 26 heavy (non-hydrogen) atoms. The first-order valence-electron chi connectivity index (χ1n) is 8.48. The van der Waals surface area contributed by atoms with Crippen LogP contribution in [0, 0.1) is 0 Å². The molecule has 0 aromatic heterocycles. The molecule has 5 atom stereocenters. The molecule has 0 bridgehead atoms. The molecule has 4 rings (SSSR count). The predicted octanol–water partition coefficient (Wildman–Crippen LogP) is 2.51. The van der Waals surface area contributed by atoms with E-state index in [4.69, 9.17) is 22.6 Å². The molecule has 138 valence electrons. The van der Waals surface area contributed by atoms with Crippen molar-refractivity contribution in [3.05, 3.63) is 71.8 Å². The summed E-state index contributed by atoms with van der Waals surface area (Å²) in [6.45, 7) is 1.22. The van der Waals surface area contributed by atoms with Gasteiger partial charge < -0.3 is 14.2 Å². The van der Waals surface area contributed by atoms with Crippen molar-refractivity contribution in [2.75, 3.05) is 6.61 Å². The predicted molar refractivity (Wildman–Crippen MR) is 93.9 cm³/mol. The largest absolute Gasteiger partial charge is 0.374 e. The molecular weight excluding hydrogens is 356 g/mol. The summed E-state index contributed by atoms with van der Waals surface area (Å²) >= 11 is -1.80. The number of ether oxygens (including phenoxy) is 3. The molecular formula is C19H20O6S. The Morgan fingerprint density at radius 3 is 2.23 bits per heavy atom. The van der Waals surface area contributed by atoms with Crippen molar-refractivity contribution in [2.24, 2.45) is 0 Å². The SMILES string of the molecule is O=S1OC2O[C@H](COCc3ccccc3)[C@H](OCc3ccccc3)C2O1. The molecule has 3 unspecified atom stereocenters. The minimum atomic E-state index is -1.80. The van der Waals surface area contributed by atoms with Gasteiger partial charge in [0.05, 0.1) is 19.8 Å². The van der Waals surface area contributed by atoms with E-state index >= 15 is 0 Å². The average molecular weight is 376 g/mol. The summed E-state index contributed by atoms with van der Waals surface area (Å²) in [5.41, 5.74) is 2.13. The third kappa shape index (κ3) is 4.20. The van der Waals surface area contributed by atoms with Crippen molar-refractivity contribution in [3.63, 3.8) is 0 Å². The van der Waals surface area contributed by atoms with Crippen LogP contribution in [-0.2, 0) is 47.2 Å². The summed E-state index contributed by atoms with van der Waals surface area (Å²) in [7, 11) is 0. The Kier molecular flexibility index (Phi) is 5.74. The number of fused-ring (bicyclic) bond motifs is 1. The second-order valence-electron chi connectivity index (χ2n) is 6.17. The van der Waals surface area contributed by atoms with Gasteiger partial charge in [-0.1, -0.05) is 60.7 Å². The van der Waals surface area contributed by atoms with E-state index in [1.54, 1.807) is 0 Å². The third-order valence-corrected chi connectivity index (χ3v) is 5.04. The fourth-order valence-corrected chi connectivity index (χ4v) is 3.77. The van der Waals surface area contributed by atoms with Crippen LogP contribution in [0.1, 0.15) is 11.1 Å². The summed E-state index contributed by atoms with van der Waals surface area (Å²) < 4.78 is 39.6. The van der Waals surface area contributed by atoms with E-state index in [2.05, 4.69) is 0 Å². The van der Waals surface area contributed by atoms with Crippen LogP contribution in [0.2, 0.25) is 0 Å². The van der Waals surface area contributed by atoms with Crippen molar-refractivity contribution < 1.29 is 26.8 Å². The summed E-state index contributed by atoms with van der Waals surface area (Å²) in [6, 6.07) is 19.7. The Morgan fingerprint density at radius 1 is 0.885 bits per heavy atom. The maximum absolute atomic E-state index is 11.5. The van der Waals surface area contributed by atoms with Crippen LogP contribution in [-0.4, -0.2) is 35.4 Å². The molecule has 2 aromatic carbocycles. The first kappa shape index (κ1) is 17.8. The molecule has 2 fully saturated rings. The molecule has 2 aromatic rings. The Hall–Kier alpha value is -1.61. The highest BCUT2D eigenvalue weighted by Gasteiger charge is 2.53. The van der Waals surface area contributed by atoms with Crippen LogP contribution in [0.5, 0.6) is 0 Å². The highest BCUT2D eigenvalue weighted by atomic mass is 32.2. The standard InChI is InChI=1S/C19H20O6S/c20-26-24-18-17(22-12-15-9-5-2-6-10-15)16(23-19(18)25-26)13-21-11-14-7-3-1-4-8-14/h1-10,16-19H,11-13H2/t16-,17+,18?,19?,26?/m1/s1. The molecule has 0 N–H and O–H groups in total. The summed E-state index contributed by atoms with van der Waals surface area (Å²) in [5.74, 6) is 0. The van der Waals surface area contributed by atoms with Gasteiger partial charge in [-0.15, -0.1) is 0 Å². The molecule has 0 spiro atoms. The number of hydrogen-bond donors (Lipinski definition) is 0. The summed E-state index contributed by atoms with van der Waals surface area (Å²) in [4.78, 5) is 0. The van der Waals surface area contributed by atoms with Crippen LogP contribution < -0.4 is 0 Å². The average Bonchev–Trinajstić information content (AvgIpc) is 3.17. The van der Waals surface area contributed by atoms with Gasteiger partial charge in [-0.25, -0.2) is 4.18 Å². The topological polar surface area (TPSA) is 63.2 Å². The molecule has 0 amide bonds. The Labute approximate surface area is 154 Å². The molecule has 0 saturated carbocycles. The van der Waals surface area contributed by atoms with Gasteiger partial charge in [-0.2, -0.15) is 4.21 Å². The molecule has 2 heterocycles. The fraction of sp³-hybridized carbons (Fsp3) is 0.368. The van der Waals surface area contributed by atoms with Crippen molar-refractivity contribution in [1.82, 2.24) is 0 Å². The number of benzene rings is 2. The Bertz CT molecular complexity index is 725. The van der Waals surface area contributed by atoms with Crippen molar-refractivity contribution in [3.8, 4) is 0 Å². The second kappa shape index (κ2) is 8.39. The van der Waals surface area contributed by atoms with Crippen LogP contribution in [0.25, 0.3) is 0 Å². The van der Waals surface area contributed by atoms with E-state index in [0.29, 0.717) is 19.8 Å². The number of rotatable bonds is 7. The molecule has 2 aliphatic heterocycles. The van der Waals surface area contributed by atoms with Crippen molar-refractivity contribution in [1.29, 1.82) is 0 Å². The van der Waals surface area contributed by atoms with E-state index in [1.807, 2.05) is 60.7 Å². The normalized spacial score (nSPS) is 30.4. The van der Waals surface area contributed by atoms with Gasteiger partial charge in [0.25, 0.3) is 0 Å². The van der Waals surface area contributed by atoms with Gasteiger partial charge in [-0.05, 0) is 11.1 Å². The lowest BCUT2D eigenvalue weighted by Gasteiger charge is -2.21. The second-order valence-corrected chi connectivity index (χ2v) is 6.96. The first-order valence-corrected chi connectivity index (χ1v) is 9.48. The van der Waals surface area contributed by atoms with Crippen LogP contribution in [0.4, 0.5) is 0 Å². The third-order valence-electron chi connectivity index (χ3n) is 4.31. The van der Waals surface area contributed by atoms with Gasteiger partial charge in [-0.3, -0.25) is 4.18 Å². The van der Waals surface area contributed by atoms with Gasteiger partial charge >= 0.3 is 11.4 Å². The molecule has 7 heteroatoms. The van der Waals surface area contributed by atoms with Crippen molar-refractivity contribution >= 4 is 11.4 Å². The van der Waals surface area contributed by atoms with Gasteiger partial charge in [0.1, 0.15) is 12.2 Å². The highest BCUT2D eigenvalue weighted by Crippen LogP contribution is 2.34. The zero-order chi connectivity index (χ0) is 17.8. The lowest BCUT2D eigenvalue weighted by molar-refractivity contribution is -0.107. The summed E-state index contributed by atoms with van der Waals surface area (Å²) in [6.07, 6.45) is -1.98. The molecule has 2 aliphatic rings. The Morgan fingerprint density at radius 2 is 1.54 bits per heavy atom. The van der Waals surface area contributed by atoms with E-state index in [9.17, 15) is 4.21 Å². The maximum Gasteiger partial charge on any atom is 0.307 e. The van der Waals surface area contributed by atoms with Crippen LogP contribution >= 0.6 is 0 Å². The maximum atomic E-state index is 11.5. The highest BCUT2D eigenvalue weighted by molar-refractivity contribution is 7.75. The Balaban J connectivity index is 1.36. The van der Waals surface area contributed by atoms with Gasteiger partial charge in [0.2, 0.25) is 6.29 Å². The molecule has 6 nitrogen and oxygen atoms in total. The summed E-state index contributed by atoms with van der Waals surface area (Å²) in [5, 5.41) is 0. The lowest BCUT2D eigenvalue weighted by atomic mass is 10.1.